The molecule has 0 radical (unpaired) electrons. The van der Waals surface area contributed by atoms with Gasteiger partial charge >= 0.3 is 5.97 Å². The molecule has 1 amide bonds. The Morgan fingerprint density at radius 1 is 1.00 bits per heavy atom. The summed E-state index contributed by atoms with van der Waals surface area (Å²) in [6.45, 7) is 8.50. The first-order valence-corrected chi connectivity index (χ1v) is 12.1. The summed E-state index contributed by atoms with van der Waals surface area (Å²) in [4.78, 5) is 30.7. The van der Waals surface area contributed by atoms with Crippen LogP contribution < -0.4 is 0 Å². The van der Waals surface area contributed by atoms with Crippen molar-refractivity contribution in [3.8, 4) is 22.4 Å². The lowest BCUT2D eigenvalue weighted by Crippen LogP contribution is -2.33. The van der Waals surface area contributed by atoms with Gasteiger partial charge in [-0.15, -0.1) is 0 Å². The van der Waals surface area contributed by atoms with Crippen LogP contribution in [0.5, 0.6) is 0 Å². The largest absolute Gasteiger partial charge is 0.466 e. The van der Waals surface area contributed by atoms with Gasteiger partial charge in [-0.25, -0.2) is 0 Å². The summed E-state index contributed by atoms with van der Waals surface area (Å²) in [5.74, 6) is 0.342. The zero-order chi connectivity index (χ0) is 25.7. The van der Waals surface area contributed by atoms with Crippen molar-refractivity contribution < 1.29 is 18.8 Å². The van der Waals surface area contributed by atoms with E-state index in [2.05, 4.69) is 10.1 Å². The fourth-order valence-electron chi connectivity index (χ4n) is 4.33. The number of aromatic nitrogens is 2. The van der Waals surface area contributed by atoms with Crippen molar-refractivity contribution in [3.63, 3.8) is 0 Å². The Bertz CT molecular complexity index is 1320. The number of hydrogen-bond donors (Lipinski definition) is 1. The van der Waals surface area contributed by atoms with E-state index < -0.39 is 0 Å². The predicted molar refractivity (Wildman–Crippen MR) is 138 cm³/mol. The molecule has 2 aromatic heterocycles. The molecular weight excluding hydrogens is 454 g/mol. The highest BCUT2D eigenvalue weighted by Gasteiger charge is 2.22. The zero-order valence-electron chi connectivity index (χ0n) is 21.1. The van der Waals surface area contributed by atoms with Crippen molar-refractivity contribution in [3.05, 3.63) is 88.9 Å². The van der Waals surface area contributed by atoms with Crippen LogP contribution in [0, 0.1) is 20.8 Å². The summed E-state index contributed by atoms with van der Waals surface area (Å²) >= 11 is 0. The number of carbonyl (C=O) groups is 2. The van der Waals surface area contributed by atoms with Gasteiger partial charge in [0.05, 0.1) is 24.3 Å². The fourth-order valence-corrected chi connectivity index (χ4v) is 4.33. The maximum atomic E-state index is 13.6. The molecule has 186 valence electrons. The first kappa shape index (κ1) is 25.0. The summed E-state index contributed by atoms with van der Waals surface area (Å²) in [5.41, 5.74) is 7.06. The molecule has 2 aromatic carbocycles. The number of nitrogens with one attached hydrogen (secondary N) is 1. The van der Waals surface area contributed by atoms with Crippen molar-refractivity contribution >= 4 is 11.9 Å². The molecular formula is C29H31N3O4. The molecule has 4 rings (SSSR count). The third-order valence-electron chi connectivity index (χ3n) is 6.16. The quantitative estimate of drug-likeness (QED) is 0.300. The van der Waals surface area contributed by atoms with Crippen molar-refractivity contribution in [2.75, 3.05) is 13.2 Å². The number of benzene rings is 2. The maximum absolute atomic E-state index is 13.6. The summed E-state index contributed by atoms with van der Waals surface area (Å²) in [5, 5.41) is 4.04. The Morgan fingerprint density at radius 2 is 1.69 bits per heavy atom. The Labute approximate surface area is 211 Å². The second-order valence-electron chi connectivity index (χ2n) is 8.77. The van der Waals surface area contributed by atoms with Crippen molar-refractivity contribution in [2.24, 2.45) is 0 Å². The van der Waals surface area contributed by atoms with Gasteiger partial charge in [-0.2, -0.15) is 0 Å². The zero-order valence-corrected chi connectivity index (χ0v) is 21.1. The van der Waals surface area contributed by atoms with E-state index in [1.54, 1.807) is 11.8 Å². The third kappa shape index (κ3) is 5.57. The summed E-state index contributed by atoms with van der Waals surface area (Å²) in [6.07, 6.45) is 0.145. The molecule has 0 saturated heterocycles. The Hall–Kier alpha value is -4.13. The molecule has 0 saturated carbocycles. The Balaban J connectivity index is 1.57. The first-order chi connectivity index (χ1) is 17.4. The lowest BCUT2D eigenvalue weighted by molar-refractivity contribution is -0.143. The molecule has 0 aliphatic carbocycles. The van der Waals surface area contributed by atoms with E-state index in [0.29, 0.717) is 18.7 Å². The minimum atomic E-state index is -0.312. The summed E-state index contributed by atoms with van der Waals surface area (Å²) < 4.78 is 10.4. The molecule has 36 heavy (non-hydrogen) atoms. The molecule has 7 nitrogen and oxygen atoms in total. The van der Waals surface area contributed by atoms with Gasteiger partial charge in [-0.1, -0.05) is 59.8 Å². The number of carbonyl (C=O) groups excluding carboxylic acids is 2. The van der Waals surface area contributed by atoms with Crippen LogP contribution >= 0.6 is 0 Å². The molecule has 0 unspecified atom stereocenters. The molecule has 7 heteroatoms. The number of aryl methyl sites for hydroxylation is 3. The van der Waals surface area contributed by atoms with Crippen LogP contribution in [0.15, 0.2) is 65.2 Å². The van der Waals surface area contributed by atoms with Crippen LogP contribution in [-0.4, -0.2) is 40.1 Å². The molecule has 0 bridgehead atoms. The van der Waals surface area contributed by atoms with Gasteiger partial charge in [0.1, 0.15) is 5.76 Å². The smallest absolute Gasteiger partial charge is 0.307 e. The second-order valence-corrected chi connectivity index (χ2v) is 8.77. The molecule has 0 aliphatic heterocycles. The minimum Gasteiger partial charge on any atom is -0.466 e. The molecule has 1 N–H and O–H groups in total. The van der Waals surface area contributed by atoms with E-state index in [1.807, 2.05) is 81.4 Å². The maximum Gasteiger partial charge on any atom is 0.307 e. The predicted octanol–water partition coefficient (Wildman–Crippen LogP) is 5.86. The second kappa shape index (κ2) is 11.1. The summed E-state index contributed by atoms with van der Waals surface area (Å²) in [7, 11) is 0. The molecule has 0 aliphatic rings. The number of ether oxygens (including phenoxy) is 1. The fraction of sp³-hybridized carbons (Fsp3) is 0.276. The molecule has 0 spiro atoms. The van der Waals surface area contributed by atoms with E-state index in [0.717, 1.165) is 45.1 Å². The highest BCUT2D eigenvalue weighted by atomic mass is 16.5. The molecule has 2 heterocycles. The van der Waals surface area contributed by atoms with E-state index in [-0.39, 0.29) is 24.8 Å². The van der Waals surface area contributed by atoms with E-state index >= 15 is 0 Å². The highest BCUT2D eigenvalue weighted by Crippen LogP contribution is 2.30. The van der Waals surface area contributed by atoms with Crippen LogP contribution in [-0.2, 0) is 16.1 Å². The summed E-state index contributed by atoms with van der Waals surface area (Å²) in [6, 6.07) is 19.7. The van der Waals surface area contributed by atoms with E-state index in [9.17, 15) is 9.59 Å². The third-order valence-corrected chi connectivity index (χ3v) is 6.16. The topological polar surface area (TPSA) is 88.4 Å². The average Bonchev–Trinajstić information content (AvgIpc) is 3.43. The van der Waals surface area contributed by atoms with Crippen molar-refractivity contribution in [2.45, 2.75) is 40.7 Å². The van der Waals surface area contributed by atoms with Crippen LogP contribution in [0.3, 0.4) is 0 Å². The average molecular weight is 486 g/mol. The van der Waals surface area contributed by atoms with Crippen LogP contribution in [0.1, 0.15) is 46.4 Å². The van der Waals surface area contributed by atoms with Gasteiger partial charge in [0.15, 0.2) is 0 Å². The van der Waals surface area contributed by atoms with Gasteiger partial charge in [-0.05, 0) is 50.5 Å². The van der Waals surface area contributed by atoms with Crippen molar-refractivity contribution in [1.82, 2.24) is 15.0 Å². The number of nitrogens with zero attached hydrogens (tertiary/aromatic N) is 2. The molecule has 0 atom stereocenters. The van der Waals surface area contributed by atoms with Gasteiger partial charge < -0.3 is 19.1 Å². The van der Waals surface area contributed by atoms with Crippen LogP contribution in [0.2, 0.25) is 0 Å². The Kier molecular flexibility index (Phi) is 7.68. The SMILES string of the molecule is CCOC(=O)CCN(Cc1ccccc1)C(=O)c1cc(-c2ccc(-c3c(C)noc3C)cc2)[nH]c1C. The van der Waals surface area contributed by atoms with Gasteiger partial charge in [0.25, 0.3) is 5.91 Å². The highest BCUT2D eigenvalue weighted by molar-refractivity contribution is 5.97. The number of hydrogen-bond acceptors (Lipinski definition) is 5. The molecule has 4 aromatic rings. The monoisotopic (exact) mass is 485 g/mol. The molecule has 0 fully saturated rings. The van der Waals surface area contributed by atoms with Gasteiger partial charge in [0.2, 0.25) is 0 Å². The standard InChI is InChI=1S/C29H31N3O4/c1-5-35-27(33)15-16-32(18-22-9-7-6-8-10-22)29(34)25-17-26(30-19(25)2)23-11-13-24(14-12-23)28-20(3)31-36-21(28)4/h6-14,17,30H,5,15-16,18H2,1-4H3. The first-order valence-electron chi connectivity index (χ1n) is 12.1. The number of esters is 1. The normalized spacial score (nSPS) is 10.9. The minimum absolute atomic E-state index is 0.129. The lowest BCUT2D eigenvalue weighted by Gasteiger charge is -2.22. The van der Waals surface area contributed by atoms with Crippen LogP contribution in [0.4, 0.5) is 0 Å². The lowest BCUT2D eigenvalue weighted by atomic mass is 10.0. The van der Waals surface area contributed by atoms with Crippen LogP contribution in [0.25, 0.3) is 22.4 Å². The number of aromatic amines is 1. The van der Waals surface area contributed by atoms with Crippen molar-refractivity contribution in [1.29, 1.82) is 0 Å². The van der Waals surface area contributed by atoms with Gasteiger partial charge in [0, 0.05) is 30.0 Å². The van der Waals surface area contributed by atoms with Gasteiger partial charge in [-0.3, -0.25) is 9.59 Å². The van der Waals surface area contributed by atoms with E-state index in [4.69, 9.17) is 9.26 Å². The Morgan fingerprint density at radius 3 is 2.33 bits per heavy atom. The number of rotatable bonds is 9. The number of H-pyrrole nitrogens is 1. The number of amides is 1. The van der Waals surface area contributed by atoms with E-state index in [1.165, 1.54) is 0 Å².